The van der Waals surface area contributed by atoms with Crippen LogP contribution in [-0.2, 0) is 0 Å². The highest BCUT2D eigenvalue weighted by atomic mass is 79.9. The molecule has 1 unspecified atom stereocenters. The van der Waals surface area contributed by atoms with Crippen LogP contribution in [0.4, 0.5) is 0 Å². The minimum Gasteiger partial charge on any atom is -0.309 e. The van der Waals surface area contributed by atoms with Crippen LogP contribution >= 0.6 is 27.3 Å². The Hall–Kier alpha value is -0.640. The predicted molar refractivity (Wildman–Crippen MR) is 74.1 cm³/mol. The van der Waals surface area contributed by atoms with E-state index in [1.807, 2.05) is 18.4 Å². The van der Waals surface area contributed by atoms with Gasteiger partial charge in [0.05, 0.1) is 6.04 Å². The SMILES string of the molecule is CNC(c1ccc(Br)cc1)c1sccc1C. The summed E-state index contributed by atoms with van der Waals surface area (Å²) in [7, 11) is 2.01. The van der Waals surface area contributed by atoms with Crippen molar-refractivity contribution in [1.82, 2.24) is 5.32 Å². The topological polar surface area (TPSA) is 12.0 Å². The molecule has 0 spiro atoms. The van der Waals surface area contributed by atoms with Gasteiger partial charge in [0.15, 0.2) is 0 Å². The van der Waals surface area contributed by atoms with Gasteiger partial charge in [-0.1, -0.05) is 28.1 Å². The highest BCUT2D eigenvalue weighted by Crippen LogP contribution is 2.29. The molecule has 1 aromatic carbocycles. The van der Waals surface area contributed by atoms with E-state index in [0.29, 0.717) is 6.04 Å². The lowest BCUT2D eigenvalue weighted by Crippen LogP contribution is -2.17. The fourth-order valence-electron chi connectivity index (χ4n) is 1.78. The van der Waals surface area contributed by atoms with Crippen LogP contribution in [0.5, 0.6) is 0 Å². The Balaban J connectivity index is 2.37. The van der Waals surface area contributed by atoms with E-state index in [9.17, 15) is 0 Å². The van der Waals surface area contributed by atoms with Gasteiger partial charge in [0.1, 0.15) is 0 Å². The van der Waals surface area contributed by atoms with Gasteiger partial charge in [-0.25, -0.2) is 0 Å². The Kier molecular flexibility index (Phi) is 3.79. The maximum atomic E-state index is 3.46. The molecule has 16 heavy (non-hydrogen) atoms. The van der Waals surface area contributed by atoms with Crippen molar-refractivity contribution in [2.45, 2.75) is 13.0 Å². The second-order valence-corrected chi connectivity index (χ2v) is 5.60. The fourth-order valence-corrected chi connectivity index (χ4v) is 3.11. The zero-order valence-electron chi connectivity index (χ0n) is 9.33. The van der Waals surface area contributed by atoms with E-state index in [1.165, 1.54) is 16.0 Å². The lowest BCUT2D eigenvalue weighted by atomic mass is 10.0. The van der Waals surface area contributed by atoms with E-state index in [0.717, 1.165) is 4.47 Å². The highest BCUT2D eigenvalue weighted by molar-refractivity contribution is 9.10. The molecule has 3 heteroatoms. The summed E-state index contributed by atoms with van der Waals surface area (Å²) in [6, 6.07) is 11.0. The first-order valence-corrected chi connectivity index (χ1v) is 6.86. The van der Waals surface area contributed by atoms with Crippen LogP contribution in [0.3, 0.4) is 0 Å². The van der Waals surface area contributed by atoms with Gasteiger partial charge in [0.2, 0.25) is 0 Å². The van der Waals surface area contributed by atoms with Crippen molar-refractivity contribution in [3.63, 3.8) is 0 Å². The molecule has 0 saturated heterocycles. The summed E-state index contributed by atoms with van der Waals surface area (Å²) in [5.41, 5.74) is 2.66. The minimum atomic E-state index is 0.299. The quantitative estimate of drug-likeness (QED) is 0.898. The summed E-state index contributed by atoms with van der Waals surface area (Å²) < 4.78 is 1.12. The predicted octanol–water partition coefficient (Wildman–Crippen LogP) is 4.13. The fraction of sp³-hybridized carbons (Fsp3) is 0.231. The summed E-state index contributed by atoms with van der Waals surface area (Å²) in [5, 5.41) is 5.52. The van der Waals surface area contributed by atoms with Gasteiger partial charge < -0.3 is 5.32 Å². The third-order valence-corrected chi connectivity index (χ3v) is 4.27. The monoisotopic (exact) mass is 295 g/mol. The summed E-state index contributed by atoms with van der Waals surface area (Å²) in [6.45, 7) is 2.16. The van der Waals surface area contributed by atoms with Crippen molar-refractivity contribution in [3.05, 3.63) is 56.2 Å². The molecule has 0 saturated carbocycles. The Labute approximate surface area is 109 Å². The molecule has 0 aliphatic rings. The average Bonchev–Trinajstić information content (AvgIpc) is 2.69. The molecule has 1 aromatic heterocycles. The first kappa shape index (κ1) is 11.8. The molecule has 0 aliphatic heterocycles. The van der Waals surface area contributed by atoms with E-state index in [4.69, 9.17) is 0 Å². The molecule has 1 atom stereocenters. The Bertz CT molecular complexity index is 461. The van der Waals surface area contributed by atoms with E-state index in [2.05, 4.69) is 63.9 Å². The smallest absolute Gasteiger partial charge is 0.0671 e. The second kappa shape index (κ2) is 5.13. The number of aryl methyl sites for hydroxylation is 1. The van der Waals surface area contributed by atoms with Crippen molar-refractivity contribution >= 4 is 27.3 Å². The zero-order chi connectivity index (χ0) is 11.5. The van der Waals surface area contributed by atoms with Crippen LogP contribution in [0.2, 0.25) is 0 Å². The van der Waals surface area contributed by atoms with Crippen molar-refractivity contribution in [3.8, 4) is 0 Å². The maximum Gasteiger partial charge on any atom is 0.0671 e. The second-order valence-electron chi connectivity index (χ2n) is 3.74. The molecule has 0 aliphatic carbocycles. The highest BCUT2D eigenvalue weighted by Gasteiger charge is 2.14. The standard InChI is InChI=1S/C13H14BrNS/c1-9-7-8-16-13(9)12(15-2)10-3-5-11(14)6-4-10/h3-8,12,15H,1-2H3. The maximum absolute atomic E-state index is 3.46. The molecule has 1 nitrogen and oxygen atoms in total. The number of rotatable bonds is 3. The lowest BCUT2D eigenvalue weighted by Gasteiger charge is -2.16. The van der Waals surface area contributed by atoms with Crippen LogP contribution in [0.1, 0.15) is 22.0 Å². The van der Waals surface area contributed by atoms with Crippen molar-refractivity contribution in [2.75, 3.05) is 7.05 Å². The number of hydrogen-bond donors (Lipinski definition) is 1. The first-order chi connectivity index (χ1) is 7.72. The normalized spacial score (nSPS) is 12.7. The first-order valence-electron chi connectivity index (χ1n) is 5.19. The number of nitrogens with one attached hydrogen (secondary N) is 1. The third-order valence-electron chi connectivity index (χ3n) is 2.66. The van der Waals surface area contributed by atoms with Crippen LogP contribution in [-0.4, -0.2) is 7.05 Å². The number of hydrogen-bond acceptors (Lipinski definition) is 2. The van der Waals surface area contributed by atoms with Gasteiger partial charge in [0.25, 0.3) is 0 Å². The molecule has 0 bridgehead atoms. The molecule has 0 fully saturated rings. The number of thiophene rings is 1. The summed E-state index contributed by atoms with van der Waals surface area (Å²) in [6.07, 6.45) is 0. The molecule has 2 rings (SSSR count). The molecule has 2 aromatic rings. The molecule has 84 valence electrons. The number of halogens is 1. The van der Waals surface area contributed by atoms with Crippen LogP contribution in [0.25, 0.3) is 0 Å². The average molecular weight is 296 g/mol. The zero-order valence-corrected chi connectivity index (χ0v) is 11.7. The molecule has 0 amide bonds. The Morgan fingerprint density at radius 2 is 1.88 bits per heavy atom. The summed E-state index contributed by atoms with van der Waals surface area (Å²) in [5.74, 6) is 0. The third kappa shape index (κ3) is 2.37. The van der Waals surface area contributed by atoms with Gasteiger partial charge in [-0.3, -0.25) is 0 Å². The van der Waals surface area contributed by atoms with Crippen LogP contribution in [0.15, 0.2) is 40.2 Å². The van der Waals surface area contributed by atoms with Gasteiger partial charge in [-0.15, -0.1) is 11.3 Å². The van der Waals surface area contributed by atoms with E-state index in [1.54, 1.807) is 0 Å². The molecule has 0 radical (unpaired) electrons. The van der Waals surface area contributed by atoms with E-state index >= 15 is 0 Å². The van der Waals surface area contributed by atoms with Crippen LogP contribution in [0, 0.1) is 6.92 Å². The van der Waals surface area contributed by atoms with Crippen molar-refractivity contribution in [2.24, 2.45) is 0 Å². The molecular formula is C13H14BrNS. The van der Waals surface area contributed by atoms with Gasteiger partial charge in [-0.05, 0) is 48.7 Å². The minimum absolute atomic E-state index is 0.299. The van der Waals surface area contributed by atoms with E-state index < -0.39 is 0 Å². The van der Waals surface area contributed by atoms with Gasteiger partial charge in [-0.2, -0.15) is 0 Å². The number of benzene rings is 1. The molecule has 1 N–H and O–H groups in total. The molecule has 1 heterocycles. The van der Waals surface area contributed by atoms with Crippen molar-refractivity contribution < 1.29 is 0 Å². The van der Waals surface area contributed by atoms with Gasteiger partial charge in [0, 0.05) is 9.35 Å². The Morgan fingerprint density at radius 3 is 2.38 bits per heavy atom. The van der Waals surface area contributed by atoms with Crippen molar-refractivity contribution in [1.29, 1.82) is 0 Å². The Morgan fingerprint density at radius 1 is 1.19 bits per heavy atom. The van der Waals surface area contributed by atoms with Gasteiger partial charge >= 0.3 is 0 Å². The lowest BCUT2D eigenvalue weighted by molar-refractivity contribution is 0.700. The molecular weight excluding hydrogens is 282 g/mol. The summed E-state index contributed by atoms with van der Waals surface area (Å²) in [4.78, 5) is 1.39. The van der Waals surface area contributed by atoms with Crippen LogP contribution < -0.4 is 5.32 Å². The largest absolute Gasteiger partial charge is 0.309 e. The summed E-state index contributed by atoms with van der Waals surface area (Å²) >= 11 is 5.27. The van der Waals surface area contributed by atoms with E-state index in [-0.39, 0.29) is 0 Å².